The summed E-state index contributed by atoms with van der Waals surface area (Å²) in [4.78, 5) is 52.9. The van der Waals surface area contributed by atoms with E-state index < -0.39 is 54.8 Å². The summed E-state index contributed by atoms with van der Waals surface area (Å²) in [5.74, 6) is 7.62. The zero-order valence-corrected chi connectivity index (χ0v) is 44.8. The summed E-state index contributed by atoms with van der Waals surface area (Å²) < 4.78 is 57.6. The molecular formula is C55H65N6O14P. The number of carbonyl (C=O) groups excluding carboxylic acids is 1. The number of ether oxygens (including phenoxy) is 7. The van der Waals surface area contributed by atoms with Gasteiger partial charge in [-0.15, -0.1) is 0 Å². The lowest BCUT2D eigenvalue weighted by molar-refractivity contribution is -0.385. The van der Waals surface area contributed by atoms with Crippen LogP contribution in [0.5, 0.6) is 23.0 Å². The first-order chi connectivity index (χ1) is 36.7. The van der Waals surface area contributed by atoms with Crippen molar-refractivity contribution in [3.8, 4) is 40.9 Å². The Bertz CT molecular complexity index is 2880. The summed E-state index contributed by atoms with van der Waals surface area (Å²) in [6, 6.07) is 29.8. The fraction of sp³-hybridized carbons (Fsp3) is 0.418. The number of nitrogens with one attached hydrogen (secondary N) is 2. The molecule has 1 amide bonds. The van der Waals surface area contributed by atoms with Crippen molar-refractivity contribution in [1.29, 1.82) is 5.26 Å². The van der Waals surface area contributed by atoms with Crippen LogP contribution in [0.2, 0.25) is 0 Å². The van der Waals surface area contributed by atoms with Crippen molar-refractivity contribution in [2.24, 2.45) is 0 Å². The Labute approximate surface area is 443 Å². The lowest BCUT2D eigenvalue weighted by Gasteiger charge is -2.39. The predicted molar refractivity (Wildman–Crippen MR) is 283 cm³/mol. The maximum absolute atomic E-state index is 13.7. The number of nitro groups is 1. The van der Waals surface area contributed by atoms with Crippen molar-refractivity contribution in [3.05, 3.63) is 156 Å². The van der Waals surface area contributed by atoms with Gasteiger partial charge in [-0.05, 0) is 87.6 Å². The van der Waals surface area contributed by atoms with Gasteiger partial charge in [0.2, 0.25) is 0 Å². The van der Waals surface area contributed by atoms with Gasteiger partial charge in [0.1, 0.15) is 41.6 Å². The fourth-order valence-electron chi connectivity index (χ4n) is 8.69. The van der Waals surface area contributed by atoms with Gasteiger partial charge in [-0.2, -0.15) is 5.26 Å². The molecule has 0 bridgehead atoms. The number of alkyl carbamates (subject to hydrolysis) is 1. The molecule has 4 atom stereocenters. The van der Waals surface area contributed by atoms with Crippen molar-refractivity contribution >= 4 is 20.3 Å². The summed E-state index contributed by atoms with van der Waals surface area (Å²) in [5, 5.41) is 23.7. The molecule has 20 nitrogen and oxygen atoms in total. The monoisotopic (exact) mass is 1060 g/mol. The third-order valence-electron chi connectivity index (χ3n) is 12.3. The molecule has 404 valence electrons. The van der Waals surface area contributed by atoms with E-state index in [4.69, 9.17) is 42.2 Å². The van der Waals surface area contributed by atoms with Crippen LogP contribution in [0.15, 0.2) is 107 Å². The molecule has 0 saturated carbocycles. The number of rotatable bonds is 26. The van der Waals surface area contributed by atoms with Crippen LogP contribution in [-0.4, -0.2) is 97.7 Å². The van der Waals surface area contributed by atoms with Gasteiger partial charge in [0.05, 0.1) is 76.8 Å². The summed E-state index contributed by atoms with van der Waals surface area (Å²) in [7, 11) is 4.17. The van der Waals surface area contributed by atoms with Crippen LogP contribution < -0.4 is 35.5 Å². The fourth-order valence-corrected chi connectivity index (χ4v) is 10.4. The smallest absolute Gasteiger partial charge is 0.407 e. The molecule has 1 aliphatic rings. The van der Waals surface area contributed by atoms with E-state index in [1.54, 1.807) is 14.2 Å². The van der Waals surface area contributed by atoms with Crippen molar-refractivity contribution in [2.45, 2.75) is 103 Å². The Hall–Kier alpha value is -7.29. The molecule has 1 saturated heterocycles. The number of amides is 1. The molecule has 0 aliphatic carbocycles. The number of aromatic nitrogens is 2. The van der Waals surface area contributed by atoms with E-state index in [1.807, 2.05) is 107 Å². The highest BCUT2D eigenvalue weighted by atomic mass is 31.2. The highest BCUT2D eigenvalue weighted by molar-refractivity contribution is 7.44. The molecular weight excluding hydrogens is 1000 g/mol. The number of nitro benzene ring substituents is 1. The molecule has 1 aromatic heterocycles. The second-order valence-electron chi connectivity index (χ2n) is 17.9. The van der Waals surface area contributed by atoms with Crippen LogP contribution in [0.25, 0.3) is 0 Å². The number of carbonyl (C=O) groups is 1. The third kappa shape index (κ3) is 14.5. The summed E-state index contributed by atoms with van der Waals surface area (Å²) in [5.41, 5.74) is -0.347. The Kier molecular flexibility index (Phi) is 21.4. The summed E-state index contributed by atoms with van der Waals surface area (Å²) >= 11 is 0. The third-order valence-corrected chi connectivity index (χ3v) is 14.5. The van der Waals surface area contributed by atoms with Crippen molar-refractivity contribution < 1.29 is 51.9 Å². The van der Waals surface area contributed by atoms with Gasteiger partial charge in [-0.1, -0.05) is 66.4 Å². The topological polar surface area (TPSA) is 237 Å². The van der Waals surface area contributed by atoms with Crippen molar-refractivity contribution in [1.82, 2.24) is 19.5 Å². The molecule has 0 radical (unpaired) electrons. The van der Waals surface area contributed by atoms with Gasteiger partial charge in [0, 0.05) is 37.7 Å². The standard InChI is InChI=1S/C55H65N6O14P/c1-37(2)60(38(3)4)76(73-30-16-28-56)75-49-33-51(74-50(49)36-72-55(41-18-13-11-14-19-41,42-20-24-44(67-5)25-21-42)43-22-26-45(68-6)27-23-43)59-34-39(52(62)58-53(59)63)17-12-9-10-15-29-57-54(64)71-35-40-31-47(69-7)48(70-8)32-46(40)61(65)66/h11,13-14,18-27,31-32,34,37-38,49-51H,9-10,15-16,29-30,33,35-36H2,1-8H3,(H,57,64)(H,58,62,63)/t49-,50+,51+,76?/m0/s1. The van der Waals surface area contributed by atoms with Gasteiger partial charge in [-0.3, -0.25) is 24.5 Å². The SMILES string of the molecule is COc1ccc(C(OC[C@H]2O[C@@H](n3cc(C#CCCCCNC(=O)OCc4cc(OC)c(OC)cc4[N+](=O)[O-])c(=O)[nH]c3=O)C[C@@H]2OP(OCCC#N)N(C(C)C)C(C)C)(c2ccccc2)c2ccc(OC)cc2)cc1. The first-order valence-corrected chi connectivity index (χ1v) is 25.8. The quantitative estimate of drug-likeness (QED) is 0.0131. The molecule has 4 aromatic carbocycles. The van der Waals surface area contributed by atoms with E-state index >= 15 is 0 Å². The Morgan fingerprint density at radius 2 is 1.51 bits per heavy atom. The minimum Gasteiger partial charge on any atom is -0.497 e. The van der Waals surface area contributed by atoms with Crippen molar-refractivity contribution in [3.63, 3.8) is 0 Å². The molecule has 6 rings (SSSR count). The van der Waals surface area contributed by atoms with Crippen LogP contribution in [0, 0.1) is 33.3 Å². The minimum atomic E-state index is -1.79. The average molecular weight is 1070 g/mol. The van der Waals surface area contributed by atoms with Crippen LogP contribution in [0.3, 0.4) is 0 Å². The van der Waals surface area contributed by atoms with Crippen LogP contribution in [0.1, 0.15) is 93.8 Å². The van der Waals surface area contributed by atoms with Crippen LogP contribution in [-0.2, 0) is 35.5 Å². The lowest BCUT2D eigenvalue weighted by atomic mass is 9.80. The zero-order valence-electron chi connectivity index (χ0n) is 43.9. The van der Waals surface area contributed by atoms with E-state index in [9.17, 15) is 29.8 Å². The largest absolute Gasteiger partial charge is 0.497 e. The Morgan fingerprint density at radius 3 is 2.09 bits per heavy atom. The highest BCUT2D eigenvalue weighted by Gasteiger charge is 2.45. The van der Waals surface area contributed by atoms with Gasteiger partial charge in [0.15, 0.2) is 11.5 Å². The number of nitrogens with zero attached hydrogens (tertiary/aromatic N) is 4. The van der Waals surface area contributed by atoms with Gasteiger partial charge in [-0.25, -0.2) is 14.3 Å². The molecule has 1 fully saturated rings. The van der Waals surface area contributed by atoms with Gasteiger partial charge in [0.25, 0.3) is 19.8 Å². The van der Waals surface area contributed by atoms with Gasteiger partial charge >= 0.3 is 11.8 Å². The maximum Gasteiger partial charge on any atom is 0.407 e. The number of unbranched alkanes of at least 4 members (excludes halogenated alkanes) is 2. The first-order valence-electron chi connectivity index (χ1n) is 24.7. The molecule has 1 aliphatic heterocycles. The second kappa shape index (κ2) is 28.0. The average Bonchev–Trinajstić information content (AvgIpc) is 3.82. The molecule has 0 spiro atoms. The minimum absolute atomic E-state index is 0.0121. The summed E-state index contributed by atoms with van der Waals surface area (Å²) in [6.07, 6.45) is -0.261. The molecule has 2 heterocycles. The number of aromatic amines is 1. The number of hydrogen-bond donors (Lipinski definition) is 2. The second-order valence-corrected chi connectivity index (χ2v) is 19.3. The molecule has 2 N–H and O–H groups in total. The van der Waals surface area contributed by atoms with Crippen LogP contribution >= 0.6 is 8.53 Å². The van der Waals surface area contributed by atoms with E-state index in [2.05, 4.69) is 32.9 Å². The van der Waals surface area contributed by atoms with Gasteiger partial charge < -0.3 is 47.5 Å². The number of hydrogen-bond acceptors (Lipinski definition) is 16. The summed E-state index contributed by atoms with van der Waals surface area (Å²) in [6.45, 7) is 8.07. The predicted octanol–water partition coefficient (Wildman–Crippen LogP) is 8.88. The van der Waals surface area contributed by atoms with Crippen LogP contribution in [0.4, 0.5) is 10.5 Å². The molecule has 5 aromatic rings. The maximum atomic E-state index is 13.7. The number of H-pyrrole nitrogens is 1. The Balaban J connectivity index is 1.23. The lowest BCUT2D eigenvalue weighted by Crippen LogP contribution is -2.39. The number of methoxy groups -OCH3 is 4. The van der Waals surface area contributed by atoms with E-state index in [1.165, 1.54) is 37.1 Å². The van der Waals surface area contributed by atoms with Crippen molar-refractivity contribution in [2.75, 3.05) is 48.2 Å². The van der Waals surface area contributed by atoms with E-state index in [-0.39, 0.29) is 79.6 Å². The zero-order chi connectivity index (χ0) is 54.8. The normalized spacial score (nSPS) is 15.6. The molecule has 21 heteroatoms. The Morgan fingerprint density at radius 1 is 0.895 bits per heavy atom. The molecule has 76 heavy (non-hydrogen) atoms. The van der Waals surface area contributed by atoms with E-state index in [0.29, 0.717) is 30.8 Å². The highest BCUT2D eigenvalue weighted by Crippen LogP contribution is 2.51. The molecule has 1 unspecified atom stereocenters. The number of benzene rings is 4. The number of nitriles is 1. The first kappa shape index (κ1) is 58.0. The van der Waals surface area contributed by atoms with E-state index in [0.717, 1.165) is 16.7 Å².